The van der Waals surface area contributed by atoms with E-state index in [1.807, 2.05) is 0 Å². The Morgan fingerprint density at radius 2 is 1.49 bits per heavy atom. The number of halogens is 3. The molecule has 4 aromatic rings. The van der Waals surface area contributed by atoms with Crippen molar-refractivity contribution in [3.63, 3.8) is 0 Å². The van der Waals surface area contributed by atoms with Gasteiger partial charge >= 0.3 is 12.1 Å². The highest BCUT2D eigenvalue weighted by Crippen LogP contribution is 2.33. The second kappa shape index (κ2) is 12.5. The number of hydrogen-bond acceptors (Lipinski definition) is 6. The van der Waals surface area contributed by atoms with Crippen molar-refractivity contribution in [2.24, 2.45) is 5.10 Å². The third-order valence-corrected chi connectivity index (χ3v) is 7.37. The van der Waals surface area contributed by atoms with E-state index in [2.05, 4.69) is 10.5 Å². The number of nitrogens with zero attached hydrogens (tertiary/aromatic N) is 2. The van der Waals surface area contributed by atoms with E-state index in [1.54, 1.807) is 48.5 Å². The van der Waals surface area contributed by atoms with E-state index < -0.39 is 40.2 Å². The highest BCUT2D eigenvalue weighted by molar-refractivity contribution is 7.92. The van der Waals surface area contributed by atoms with Crippen molar-refractivity contribution in [3.05, 3.63) is 126 Å². The van der Waals surface area contributed by atoms with Gasteiger partial charge in [0.25, 0.3) is 15.9 Å². The largest absolute Gasteiger partial charge is 0.423 e. The zero-order chi connectivity index (χ0) is 29.5. The van der Waals surface area contributed by atoms with Gasteiger partial charge in [0, 0.05) is 0 Å². The molecule has 0 atom stereocenters. The smallest absolute Gasteiger partial charge is 0.416 e. The summed E-state index contributed by atoms with van der Waals surface area (Å²) in [6.07, 6.45) is -3.46. The summed E-state index contributed by atoms with van der Waals surface area (Å²) in [5.41, 5.74) is 1.67. The topological polar surface area (TPSA) is 105 Å². The maximum absolute atomic E-state index is 13.3. The minimum Gasteiger partial charge on any atom is -0.423 e. The Morgan fingerprint density at radius 1 is 0.854 bits per heavy atom. The number of anilines is 1. The molecule has 0 aliphatic carbocycles. The summed E-state index contributed by atoms with van der Waals surface area (Å²) in [5.74, 6) is -1.15. The van der Waals surface area contributed by atoms with E-state index in [9.17, 15) is 31.2 Å². The molecule has 0 bridgehead atoms. The summed E-state index contributed by atoms with van der Waals surface area (Å²) in [4.78, 5) is 24.6. The molecule has 4 aromatic carbocycles. The first-order valence-electron chi connectivity index (χ1n) is 12.0. The minimum atomic E-state index is -4.72. The van der Waals surface area contributed by atoms with Crippen LogP contribution in [0.3, 0.4) is 0 Å². The van der Waals surface area contributed by atoms with Crippen LogP contribution in [0.5, 0.6) is 5.75 Å². The highest BCUT2D eigenvalue weighted by Gasteiger charge is 2.33. The highest BCUT2D eigenvalue weighted by atomic mass is 32.2. The van der Waals surface area contributed by atoms with Crippen molar-refractivity contribution in [3.8, 4) is 5.75 Å². The lowest BCUT2D eigenvalue weighted by Crippen LogP contribution is -2.39. The second-order valence-corrected chi connectivity index (χ2v) is 10.4. The lowest BCUT2D eigenvalue weighted by atomic mass is 10.2. The summed E-state index contributed by atoms with van der Waals surface area (Å²) in [6, 6.07) is 25.3. The zero-order valence-electron chi connectivity index (χ0n) is 21.2. The Kier molecular flexibility index (Phi) is 8.83. The Bertz CT molecular complexity index is 1640. The number of esters is 1. The van der Waals surface area contributed by atoms with E-state index in [-0.39, 0.29) is 16.3 Å². The number of hydrogen-bond donors (Lipinski definition) is 1. The molecule has 0 radical (unpaired) electrons. The van der Waals surface area contributed by atoms with Crippen LogP contribution in [0, 0.1) is 0 Å². The van der Waals surface area contributed by atoms with E-state index >= 15 is 0 Å². The van der Waals surface area contributed by atoms with Crippen LogP contribution in [0.4, 0.5) is 18.9 Å². The van der Waals surface area contributed by atoms with E-state index in [0.717, 1.165) is 12.1 Å². The summed E-state index contributed by atoms with van der Waals surface area (Å²) >= 11 is 0. The number of amides is 1. The van der Waals surface area contributed by atoms with Crippen LogP contribution in [-0.4, -0.2) is 33.1 Å². The van der Waals surface area contributed by atoms with Crippen LogP contribution in [0.15, 0.2) is 119 Å². The standard InChI is InChI=1S/C29H22F3N3O5S/c30-29(31,32)23-10-7-11-24(18-23)35(41(38,39)26-12-5-2-6-13-26)20-27(36)34-33-19-21-14-16-25(17-15-21)40-28(37)22-8-3-1-4-9-22/h1-19H,20H2,(H,34,36)/b33-19-. The molecular formula is C29H22F3N3O5S. The zero-order valence-corrected chi connectivity index (χ0v) is 22.0. The van der Waals surface area contributed by atoms with E-state index in [0.29, 0.717) is 21.5 Å². The predicted octanol–water partition coefficient (Wildman–Crippen LogP) is 5.27. The lowest BCUT2D eigenvalue weighted by molar-refractivity contribution is -0.137. The number of hydrazone groups is 1. The number of alkyl halides is 3. The molecule has 0 aromatic heterocycles. The molecule has 0 saturated heterocycles. The van der Waals surface area contributed by atoms with Crippen LogP contribution in [0.2, 0.25) is 0 Å². The Balaban J connectivity index is 1.46. The third-order valence-electron chi connectivity index (χ3n) is 5.58. The number of carbonyl (C=O) groups is 2. The molecule has 0 saturated carbocycles. The number of benzene rings is 4. The number of sulfonamides is 1. The van der Waals surface area contributed by atoms with Crippen molar-refractivity contribution in [2.45, 2.75) is 11.1 Å². The predicted molar refractivity (Wildman–Crippen MR) is 146 cm³/mol. The molecule has 1 N–H and O–H groups in total. The number of nitrogens with one attached hydrogen (secondary N) is 1. The molecule has 0 fully saturated rings. The van der Waals surface area contributed by atoms with Gasteiger partial charge in [0.1, 0.15) is 12.3 Å². The molecule has 0 unspecified atom stereocenters. The minimum absolute atomic E-state index is 0.207. The molecule has 41 heavy (non-hydrogen) atoms. The molecule has 1 amide bonds. The molecule has 0 heterocycles. The quantitative estimate of drug-likeness (QED) is 0.126. The van der Waals surface area contributed by atoms with Crippen LogP contribution in [-0.2, 0) is 21.0 Å². The van der Waals surface area contributed by atoms with Crippen LogP contribution >= 0.6 is 0 Å². The molecule has 12 heteroatoms. The molecule has 8 nitrogen and oxygen atoms in total. The molecule has 0 aliphatic heterocycles. The third kappa shape index (κ3) is 7.57. The first kappa shape index (κ1) is 29.0. The number of carbonyl (C=O) groups excluding carboxylic acids is 2. The van der Waals surface area contributed by atoms with Gasteiger partial charge in [0.2, 0.25) is 0 Å². The maximum atomic E-state index is 13.3. The van der Waals surface area contributed by atoms with E-state index in [4.69, 9.17) is 4.74 Å². The lowest BCUT2D eigenvalue weighted by Gasteiger charge is -2.24. The van der Waals surface area contributed by atoms with Crippen molar-refractivity contribution in [1.29, 1.82) is 0 Å². The second-order valence-electron chi connectivity index (χ2n) is 8.49. The molecule has 0 spiro atoms. The average molecular weight is 582 g/mol. The van der Waals surface area contributed by atoms with Crippen LogP contribution < -0.4 is 14.5 Å². The summed E-state index contributed by atoms with van der Waals surface area (Å²) in [7, 11) is -4.41. The van der Waals surface area contributed by atoms with Gasteiger partial charge in [-0.05, 0) is 72.3 Å². The van der Waals surface area contributed by atoms with Crippen molar-refractivity contribution in [2.75, 3.05) is 10.8 Å². The molecular weight excluding hydrogens is 559 g/mol. The monoisotopic (exact) mass is 581 g/mol. The average Bonchev–Trinajstić information content (AvgIpc) is 2.97. The number of rotatable bonds is 9. The molecule has 210 valence electrons. The van der Waals surface area contributed by atoms with Gasteiger partial charge in [-0.1, -0.05) is 42.5 Å². The van der Waals surface area contributed by atoms with Gasteiger partial charge in [-0.3, -0.25) is 9.10 Å². The van der Waals surface area contributed by atoms with Crippen molar-refractivity contribution < 1.29 is 35.9 Å². The van der Waals surface area contributed by atoms with Gasteiger partial charge < -0.3 is 4.74 Å². The fourth-order valence-corrected chi connectivity index (χ4v) is 5.01. The van der Waals surface area contributed by atoms with Gasteiger partial charge in [0.05, 0.1) is 27.9 Å². The summed E-state index contributed by atoms with van der Waals surface area (Å²) in [6.45, 7) is -0.843. The normalized spacial score (nSPS) is 11.7. The summed E-state index contributed by atoms with van der Waals surface area (Å²) < 4.78 is 72.5. The van der Waals surface area contributed by atoms with Gasteiger partial charge in [-0.25, -0.2) is 18.6 Å². The Labute approximate surface area is 233 Å². The summed E-state index contributed by atoms with van der Waals surface area (Å²) in [5, 5.41) is 3.80. The maximum Gasteiger partial charge on any atom is 0.416 e. The fraction of sp³-hybridized carbons (Fsp3) is 0.0690. The van der Waals surface area contributed by atoms with Crippen molar-refractivity contribution in [1.82, 2.24) is 5.43 Å². The molecule has 4 rings (SSSR count). The van der Waals surface area contributed by atoms with E-state index in [1.165, 1.54) is 48.7 Å². The van der Waals surface area contributed by atoms with Gasteiger partial charge in [-0.15, -0.1) is 0 Å². The number of ether oxygens (including phenoxy) is 1. The first-order chi connectivity index (χ1) is 19.5. The van der Waals surface area contributed by atoms with Crippen molar-refractivity contribution >= 4 is 33.8 Å². The SMILES string of the molecule is O=C(CN(c1cccc(C(F)(F)F)c1)S(=O)(=O)c1ccccc1)N/N=C\c1ccc(OC(=O)c2ccccc2)cc1. The fourth-order valence-electron chi connectivity index (χ4n) is 3.58. The van der Waals surface area contributed by atoms with Gasteiger partial charge in [0.15, 0.2) is 0 Å². The van der Waals surface area contributed by atoms with Gasteiger partial charge in [-0.2, -0.15) is 18.3 Å². The first-order valence-corrected chi connectivity index (χ1v) is 13.4. The Hall–Kier alpha value is -4.97. The van der Waals surface area contributed by atoms with Crippen LogP contribution in [0.25, 0.3) is 0 Å². The molecule has 0 aliphatic rings. The Morgan fingerprint density at radius 3 is 2.12 bits per heavy atom. The van der Waals surface area contributed by atoms with Crippen LogP contribution in [0.1, 0.15) is 21.5 Å².